The number of aliphatic hydroxyl groups is 1. The van der Waals surface area contributed by atoms with Crippen LogP contribution in [-0.4, -0.2) is 55.0 Å². The number of nitrogens with zero attached hydrogens (tertiary/aromatic N) is 1. The summed E-state index contributed by atoms with van der Waals surface area (Å²) in [6, 6.07) is 0. The summed E-state index contributed by atoms with van der Waals surface area (Å²) < 4.78 is 6.17. The first-order valence-electron chi connectivity index (χ1n) is 7.00. The Hall–Kier alpha value is -0.610. The van der Waals surface area contributed by atoms with Crippen molar-refractivity contribution in [3.63, 3.8) is 0 Å². The van der Waals surface area contributed by atoms with Gasteiger partial charge in [-0.25, -0.2) is 0 Å². The molecule has 0 spiro atoms. The molecule has 0 fully saturated rings. The fraction of sp³-hybridized carbons (Fsp3) is 0.929. The van der Waals surface area contributed by atoms with E-state index in [-0.39, 0.29) is 12.6 Å². The van der Waals surface area contributed by atoms with Crippen LogP contribution in [0.5, 0.6) is 0 Å². The number of rotatable bonds is 9. The molecule has 0 saturated carbocycles. The molecule has 0 aliphatic carbocycles. The van der Waals surface area contributed by atoms with Crippen molar-refractivity contribution in [2.75, 3.05) is 39.4 Å². The lowest BCUT2D eigenvalue weighted by Crippen LogP contribution is -2.51. The standard InChI is InChI=1S/C14H30NO3/c1-6-14(4,5)13(17)18-12-10-15(7-2,8-3)9-11-16/h16H,6-12H2,1-5H3/q+1. The highest BCUT2D eigenvalue weighted by atomic mass is 16.5. The SMILES string of the molecule is CCC(C)(C)C(=O)OCC[N+](CC)(CC)CCO. The predicted octanol–water partition coefficient (Wildman–Crippen LogP) is 1.81. The molecule has 0 bridgehead atoms. The number of carbonyl (C=O) groups is 1. The Morgan fingerprint density at radius 1 is 1.17 bits per heavy atom. The van der Waals surface area contributed by atoms with Gasteiger partial charge in [0, 0.05) is 0 Å². The van der Waals surface area contributed by atoms with Gasteiger partial charge >= 0.3 is 5.97 Å². The van der Waals surface area contributed by atoms with Gasteiger partial charge in [-0.3, -0.25) is 4.79 Å². The van der Waals surface area contributed by atoms with Gasteiger partial charge in [-0.05, 0) is 34.1 Å². The zero-order valence-corrected chi connectivity index (χ0v) is 12.7. The summed E-state index contributed by atoms with van der Waals surface area (Å²) in [5, 5.41) is 9.12. The van der Waals surface area contributed by atoms with Gasteiger partial charge in [-0.1, -0.05) is 6.92 Å². The highest BCUT2D eigenvalue weighted by Crippen LogP contribution is 2.21. The fourth-order valence-electron chi connectivity index (χ4n) is 1.85. The van der Waals surface area contributed by atoms with E-state index in [4.69, 9.17) is 9.84 Å². The van der Waals surface area contributed by atoms with E-state index < -0.39 is 5.41 Å². The monoisotopic (exact) mass is 260 g/mol. The van der Waals surface area contributed by atoms with E-state index in [1.54, 1.807) is 0 Å². The van der Waals surface area contributed by atoms with Crippen LogP contribution < -0.4 is 0 Å². The number of carbonyl (C=O) groups excluding carboxylic acids is 1. The van der Waals surface area contributed by atoms with Crippen molar-refractivity contribution in [2.24, 2.45) is 5.41 Å². The van der Waals surface area contributed by atoms with E-state index in [0.29, 0.717) is 6.61 Å². The molecule has 4 nitrogen and oxygen atoms in total. The molecule has 4 heteroatoms. The van der Waals surface area contributed by atoms with E-state index in [9.17, 15) is 4.79 Å². The smallest absolute Gasteiger partial charge is 0.311 e. The van der Waals surface area contributed by atoms with Gasteiger partial charge in [0.05, 0.1) is 25.1 Å². The van der Waals surface area contributed by atoms with E-state index in [2.05, 4.69) is 13.8 Å². The number of ether oxygens (including phenoxy) is 1. The molecule has 0 heterocycles. The van der Waals surface area contributed by atoms with Crippen LogP contribution in [0.3, 0.4) is 0 Å². The first-order valence-corrected chi connectivity index (χ1v) is 7.00. The second-order valence-corrected chi connectivity index (χ2v) is 5.52. The Morgan fingerprint density at radius 2 is 1.72 bits per heavy atom. The topological polar surface area (TPSA) is 46.5 Å². The molecular weight excluding hydrogens is 230 g/mol. The number of hydrogen-bond donors (Lipinski definition) is 1. The second-order valence-electron chi connectivity index (χ2n) is 5.52. The van der Waals surface area contributed by atoms with Crippen molar-refractivity contribution in [3.8, 4) is 0 Å². The van der Waals surface area contributed by atoms with Crippen LogP contribution in [-0.2, 0) is 9.53 Å². The predicted molar refractivity (Wildman–Crippen MR) is 73.2 cm³/mol. The van der Waals surface area contributed by atoms with E-state index in [1.165, 1.54) is 0 Å². The van der Waals surface area contributed by atoms with Gasteiger partial charge in [-0.2, -0.15) is 0 Å². The van der Waals surface area contributed by atoms with Crippen molar-refractivity contribution in [2.45, 2.75) is 41.0 Å². The maximum absolute atomic E-state index is 11.8. The molecule has 0 amide bonds. The van der Waals surface area contributed by atoms with Gasteiger partial charge < -0.3 is 14.3 Å². The molecule has 18 heavy (non-hydrogen) atoms. The Balaban J connectivity index is 4.27. The molecule has 0 rings (SSSR count). The Morgan fingerprint density at radius 3 is 2.11 bits per heavy atom. The molecule has 0 atom stereocenters. The van der Waals surface area contributed by atoms with Crippen molar-refractivity contribution in [3.05, 3.63) is 0 Å². The maximum Gasteiger partial charge on any atom is 0.311 e. The summed E-state index contributed by atoms with van der Waals surface area (Å²) in [6.45, 7) is 14.0. The van der Waals surface area contributed by atoms with Crippen molar-refractivity contribution >= 4 is 5.97 Å². The van der Waals surface area contributed by atoms with Crippen LogP contribution in [0.1, 0.15) is 41.0 Å². The first-order chi connectivity index (χ1) is 8.37. The molecule has 0 aromatic rings. The molecule has 108 valence electrons. The molecule has 0 aliphatic rings. The molecule has 0 unspecified atom stereocenters. The van der Waals surface area contributed by atoms with Gasteiger partial charge in [0.25, 0.3) is 0 Å². The van der Waals surface area contributed by atoms with E-state index in [0.717, 1.165) is 37.1 Å². The maximum atomic E-state index is 11.8. The third-order valence-corrected chi connectivity index (χ3v) is 4.15. The summed E-state index contributed by atoms with van der Waals surface area (Å²) in [5.41, 5.74) is -0.398. The number of aliphatic hydroxyl groups excluding tert-OH is 1. The van der Waals surface area contributed by atoms with Crippen LogP contribution in [0.2, 0.25) is 0 Å². The quantitative estimate of drug-likeness (QED) is 0.508. The van der Waals surface area contributed by atoms with Crippen molar-refractivity contribution < 1.29 is 19.1 Å². The molecular formula is C14H30NO3+. The average Bonchev–Trinajstić information content (AvgIpc) is 2.37. The number of esters is 1. The third-order valence-electron chi connectivity index (χ3n) is 4.15. The zero-order chi connectivity index (χ0) is 14.2. The third kappa shape index (κ3) is 4.94. The van der Waals surface area contributed by atoms with Crippen LogP contribution in [0.4, 0.5) is 0 Å². The van der Waals surface area contributed by atoms with Crippen molar-refractivity contribution in [1.82, 2.24) is 0 Å². The summed E-state index contributed by atoms with van der Waals surface area (Å²) in [5.74, 6) is -0.126. The Labute approximate surface area is 112 Å². The summed E-state index contributed by atoms with van der Waals surface area (Å²) >= 11 is 0. The minimum absolute atomic E-state index is 0.126. The van der Waals surface area contributed by atoms with E-state index in [1.807, 2.05) is 20.8 Å². The highest BCUT2D eigenvalue weighted by Gasteiger charge is 2.28. The molecule has 1 N–H and O–H groups in total. The van der Waals surface area contributed by atoms with Crippen LogP contribution in [0.25, 0.3) is 0 Å². The van der Waals surface area contributed by atoms with Gasteiger partial charge in [0.1, 0.15) is 19.7 Å². The zero-order valence-electron chi connectivity index (χ0n) is 12.7. The number of likely N-dealkylation sites (N-methyl/N-ethyl adjacent to an activating group) is 1. The highest BCUT2D eigenvalue weighted by molar-refractivity contribution is 5.75. The van der Waals surface area contributed by atoms with Crippen LogP contribution in [0, 0.1) is 5.41 Å². The lowest BCUT2D eigenvalue weighted by molar-refractivity contribution is -0.925. The molecule has 0 aromatic heterocycles. The van der Waals surface area contributed by atoms with Gasteiger partial charge in [0.15, 0.2) is 0 Å². The summed E-state index contributed by atoms with van der Waals surface area (Å²) in [7, 11) is 0. The second kappa shape index (κ2) is 7.74. The molecule has 0 saturated heterocycles. The lowest BCUT2D eigenvalue weighted by atomic mass is 9.91. The van der Waals surface area contributed by atoms with Crippen LogP contribution >= 0.6 is 0 Å². The van der Waals surface area contributed by atoms with Crippen LogP contribution in [0.15, 0.2) is 0 Å². The minimum atomic E-state index is -0.398. The van der Waals surface area contributed by atoms with Gasteiger partial charge in [0.2, 0.25) is 0 Å². The minimum Gasteiger partial charge on any atom is -0.459 e. The number of quaternary nitrogens is 1. The Kier molecular flexibility index (Phi) is 7.48. The number of hydrogen-bond acceptors (Lipinski definition) is 3. The largest absolute Gasteiger partial charge is 0.459 e. The lowest BCUT2D eigenvalue weighted by Gasteiger charge is -2.36. The molecule has 0 radical (unpaired) electrons. The normalized spacial score (nSPS) is 12.6. The fourth-order valence-corrected chi connectivity index (χ4v) is 1.85. The first kappa shape index (κ1) is 17.4. The van der Waals surface area contributed by atoms with Crippen molar-refractivity contribution in [1.29, 1.82) is 0 Å². The summed E-state index contributed by atoms with van der Waals surface area (Å²) in [4.78, 5) is 11.8. The molecule has 0 aliphatic heterocycles. The summed E-state index contributed by atoms with van der Waals surface area (Å²) in [6.07, 6.45) is 0.782. The van der Waals surface area contributed by atoms with Gasteiger partial charge in [-0.15, -0.1) is 0 Å². The average molecular weight is 260 g/mol. The Bertz CT molecular complexity index is 247. The van der Waals surface area contributed by atoms with E-state index >= 15 is 0 Å². The molecule has 0 aromatic carbocycles.